The summed E-state index contributed by atoms with van der Waals surface area (Å²) in [6, 6.07) is 24.0. The number of pyridine rings is 1. The topological polar surface area (TPSA) is 103 Å². The van der Waals surface area contributed by atoms with E-state index in [-0.39, 0.29) is 11.8 Å². The molecule has 0 spiro atoms. The van der Waals surface area contributed by atoms with Gasteiger partial charge in [0.1, 0.15) is 11.6 Å². The molecule has 0 unspecified atom stereocenters. The van der Waals surface area contributed by atoms with Gasteiger partial charge < -0.3 is 16.8 Å². The van der Waals surface area contributed by atoms with E-state index in [1.54, 1.807) is 18.2 Å². The molecule has 5 N–H and O–H groups in total. The quantitative estimate of drug-likeness (QED) is 0.239. The van der Waals surface area contributed by atoms with E-state index < -0.39 is 0 Å². The molecule has 0 saturated heterocycles. The molecule has 0 fully saturated rings. The Morgan fingerprint density at radius 2 is 1.47 bits per heavy atom. The molecule has 0 atom stereocenters. The Hall–Kier alpha value is -4.52. The molecule has 0 bridgehead atoms. The van der Waals surface area contributed by atoms with Crippen molar-refractivity contribution in [3.8, 4) is 22.5 Å². The molecule has 0 amide bonds. The van der Waals surface area contributed by atoms with Gasteiger partial charge in [0.15, 0.2) is 0 Å². The van der Waals surface area contributed by atoms with E-state index in [9.17, 15) is 4.39 Å². The largest absolute Gasteiger partial charge is 0.398 e. The summed E-state index contributed by atoms with van der Waals surface area (Å²) in [6.07, 6.45) is 3.42. The fourth-order valence-corrected chi connectivity index (χ4v) is 4.15. The smallest absolute Gasteiger partial charge is 0.222 e. The van der Waals surface area contributed by atoms with Gasteiger partial charge in [-0.3, -0.25) is 0 Å². The first-order valence-corrected chi connectivity index (χ1v) is 12.0. The Balaban J connectivity index is 1.41. The minimum Gasteiger partial charge on any atom is -0.398 e. The number of rotatable bonds is 7. The standard InChI is InChI=1S/C29H27FN6/c1-2-3-4-18-5-7-19(8-6-18)27-17-28(36-29(32)35-27)33-22-13-14-25-23(15-22)24(31)16-26(34-25)20-9-11-21(30)12-10-20/h5-17H,2-4H2,1H3,(H2,31,34)(H3,32,33,35,36). The van der Waals surface area contributed by atoms with E-state index in [0.29, 0.717) is 17.2 Å². The van der Waals surface area contributed by atoms with Crippen LogP contribution >= 0.6 is 0 Å². The molecule has 5 rings (SSSR count). The van der Waals surface area contributed by atoms with Gasteiger partial charge in [-0.15, -0.1) is 0 Å². The van der Waals surface area contributed by atoms with Gasteiger partial charge in [0.2, 0.25) is 5.95 Å². The van der Waals surface area contributed by atoms with E-state index >= 15 is 0 Å². The van der Waals surface area contributed by atoms with Crippen molar-refractivity contribution in [2.75, 3.05) is 16.8 Å². The number of hydrogen-bond donors (Lipinski definition) is 3. The highest BCUT2D eigenvalue weighted by Gasteiger charge is 2.10. The van der Waals surface area contributed by atoms with Crippen molar-refractivity contribution in [1.82, 2.24) is 15.0 Å². The summed E-state index contributed by atoms with van der Waals surface area (Å²) in [6.45, 7) is 2.19. The summed E-state index contributed by atoms with van der Waals surface area (Å²) in [5.41, 5.74) is 19.0. The number of unbranched alkanes of at least 4 members (excludes halogenated alkanes) is 1. The van der Waals surface area contributed by atoms with Crippen molar-refractivity contribution in [2.45, 2.75) is 26.2 Å². The number of anilines is 4. The molecular weight excluding hydrogens is 451 g/mol. The Labute approximate surface area is 209 Å². The number of nitrogens with one attached hydrogen (secondary N) is 1. The lowest BCUT2D eigenvalue weighted by Crippen LogP contribution is -2.02. The molecule has 180 valence electrons. The van der Waals surface area contributed by atoms with Gasteiger partial charge in [0.05, 0.1) is 16.9 Å². The lowest BCUT2D eigenvalue weighted by atomic mass is 10.0. The van der Waals surface area contributed by atoms with Crippen molar-refractivity contribution in [1.29, 1.82) is 0 Å². The fourth-order valence-electron chi connectivity index (χ4n) is 4.15. The number of aromatic nitrogens is 3. The van der Waals surface area contributed by atoms with E-state index in [0.717, 1.165) is 39.8 Å². The summed E-state index contributed by atoms with van der Waals surface area (Å²) in [5.74, 6) is 0.484. The summed E-state index contributed by atoms with van der Waals surface area (Å²) >= 11 is 0. The number of benzene rings is 3. The van der Waals surface area contributed by atoms with Crippen LogP contribution in [0.3, 0.4) is 0 Å². The van der Waals surface area contributed by atoms with Gasteiger partial charge >= 0.3 is 0 Å². The first-order chi connectivity index (χ1) is 17.5. The van der Waals surface area contributed by atoms with Crippen LogP contribution in [0.5, 0.6) is 0 Å². The van der Waals surface area contributed by atoms with Crippen LogP contribution in [0, 0.1) is 5.82 Å². The van der Waals surface area contributed by atoms with Crippen LogP contribution in [0.15, 0.2) is 78.9 Å². The van der Waals surface area contributed by atoms with Crippen LogP contribution in [-0.4, -0.2) is 15.0 Å². The molecule has 0 aliphatic rings. The van der Waals surface area contributed by atoms with E-state index in [1.165, 1.54) is 30.5 Å². The van der Waals surface area contributed by atoms with Crippen molar-refractivity contribution in [2.24, 2.45) is 0 Å². The zero-order valence-electron chi connectivity index (χ0n) is 20.0. The van der Waals surface area contributed by atoms with E-state index in [2.05, 4.69) is 46.5 Å². The SMILES string of the molecule is CCCCc1ccc(-c2cc(Nc3ccc4nc(-c5ccc(F)cc5)cc(N)c4c3)nc(N)n2)cc1. The van der Waals surface area contributed by atoms with Crippen LogP contribution in [0.4, 0.5) is 27.5 Å². The Kier molecular flexibility index (Phi) is 6.45. The summed E-state index contributed by atoms with van der Waals surface area (Å²) in [7, 11) is 0. The lowest BCUT2D eigenvalue weighted by Gasteiger charge is -2.11. The van der Waals surface area contributed by atoms with Crippen LogP contribution in [0.2, 0.25) is 0 Å². The molecule has 2 heterocycles. The molecule has 0 radical (unpaired) electrons. The zero-order chi connectivity index (χ0) is 25.1. The van der Waals surface area contributed by atoms with Crippen LogP contribution in [0.25, 0.3) is 33.4 Å². The van der Waals surface area contributed by atoms with Gasteiger partial charge in [-0.25, -0.2) is 14.4 Å². The second kappa shape index (κ2) is 10.00. The number of fused-ring (bicyclic) bond motifs is 1. The molecule has 7 heteroatoms. The number of hydrogen-bond acceptors (Lipinski definition) is 6. The molecule has 3 aromatic carbocycles. The van der Waals surface area contributed by atoms with Gasteiger partial charge in [0.25, 0.3) is 0 Å². The molecule has 2 aromatic heterocycles. The number of nitrogens with zero attached hydrogens (tertiary/aromatic N) is 3. The summed E-state index contributed by atoms with van der Waals surface area (Å²) in [4.78, 5) is 13.5. The highest BCUT2D eigenvalue weighted by molar-refractivity contribution is 5.95. The number of aryl methyl sites for hydroxylation is 1. The third-order valence-electron chi connectivity index (χ3n) is 6.07. The maximum absolute atomic E-state index is 13.3. The predicted octanol–water partition coefficient (Wildman–Crippen LogP) is 6.75. The lowest BCUT2D eigenvalue weighted by molar-refractivity contribution is 0.628. The zero-order valence-corrected chi connectivity index (χ0v) is 20.0. The molecule has 0 aliphatic heterocycles. The van der Waals surface area contributed by atoms with Crippen LogP contribution in [-0.2, 0) is 6.42 Å². The van der Waals surface area contributed by atoms with E-state index in [4.69, 9.17) is 16.5 Å². The number of nitrogens with two attached hydrogens (primary N) is 2. The Morgan fingerprint density at radius 3 is 2.19 bits per heavy atom. The molecule has 0 saturated carbocycles. The third-order valence-corrected chi connectivity index (χ3v) is 6.07. The van der Waals surface area contributed by atoms with Crippen molar-refractivity contribution in [3.05, 3.63) is 90.2 Å². The third kappa shape index (κ3) is 5.10. The average Bonchev–Trinajstić information content (AvgIpc) is 2.88. The number of nitrogen functional groups attached to an aromatic ring is 2. The van der Waals surface area contributed by atoms with Crippen LogP contribution in [0.1, 0.15) is 25.3 Å². The average molecular weight is 479 g/mol. The van der Waals surface area contributed by atoms with Gasteiger partial charge in [0, 0.05) is 34.0 Å². The Bertz CT molecular complexity index is 1510. The Morgan fingerprint density at radius 1 is 0.778 bits per heavy atom. The van der Waals surface area contributed by atoms with Crippen LogP contribution < -0.4 is 16.8 Å². The second-order valence-electron chi connectivity index (χ2n) is 8.76. The number of halogens is 1. The van der Waals surface area contributed by atoms with Crippen molar-refractivity contribution >= 4 is 34.0 Å². The van der Waals surface area contributed by atoms with Gasteiger partial charge in [-0.1, -0.05) is 37.6 Å². The summed E-state index contributed by atoms with van der Waals surface area (Å²) < 4.78 is 13.3. The monoisotopic (exact) mass is 478 g/mol. The van der Waals surface area contributed by atoms with E-state index in [1.807, 2.05) is 24.3 Å². The van der Waals surface area contributed by atoms with Crippen molar-refractivity contribution in [3.63, 3.8) is 0 Å². The predicted molar refractivity (Wildman–Crippen MR) is 145 cm³/mol. The van der Waals surface area contributed by atoms with Gasteiger partial charge in [-0.2, -0.15) is 4.98 Å². The minimum atomic E-state index is -0.291. The summed E-state index contributed by atoms with van der Waals surface area (Å²) in [5, 5.41) is 4.11. The van der Waals surface area contributed by atoms with Crippen molar-refractivity contribution < 1.29 is 4.39 Å². The first kappa shape index (κ1) is 23.2. The fraction of sp³-hybridized carbons (Fsp3) is 0.138. The maximum Gasteiger partial charge on any atom is 0.222 e. The maximum atomic E-state index is 13.3. The molecular formula is C29H27FN6. The molecule has 36 heavy (non-hydrogen) atoms. The molecule has 0 aliphatic carbocycles. The van der Waals surface area contributed by atoms with Gasteiger partial charge in [-0.05, 0) is 66.9 Å². The highest BCUT2D eigenvalue weighted by atomic mass is 19.1. The minimum absolute atomic E-state index is 0.191. The first-order valence-electron chi connectivity index (χ1n) is 12.0. The second-order valence-corrected chi connectivity index (χ2v) is 8.76. The normalized spacial score (nSPS) is 11.1. The molecule has 5 aromatic rings. The molecule has 6 nitrogen and oxygen atoms in total. The highest BCUT2D eigenvalue weighted by Crippen LogP contribution is 2.30.